The lowest BCUT2D eigenvalue weighted by molar-refractivity contribution is 0.1000. The zero-order valence-electron chi connectivity index (χ0n) is 16.4. The number of amides is 1. The Hall–Kier alpha value is -4.12. The molecule has 0 aliphatic carbocycles. The molecule has 5 rings (SSSR count). The maximum absolute atomic E-state index is 12.3. The van der Waals surface area contributed by atoms with Crippen molar-refractivity contribution in [1.29, 1.82) is 0 Å². The number of nitrogens with two attached hydrogens (primary N) is 1. The van der Waals surface area contributed by atoms with Crippen LogP contribution in [0.2, 0.25) is 0 Å². The number of aromatic nitrogens is 2. The first-order valence-electron chi connectivity index (χ1n) is 9.63. The number of pyridine rings is 1. The molecule has 5 aromatic rings. The summed E-state index contributed by atoms with van der Waals surface area (Å²) in [5.74, 6) is 0.333. The van der Waals surface area contributed by atoms with Gasteiger partial charge in [0.1, 0.15) is 5.76 Å². The molecule has 0 saturated heterocycles. The molecular formula is C25H19N3O2. The minimum atomic E-state index is -0.489. The van der Waals surface area contributed by atoms with Crippen LogP contribution >= 0.6 is 0 Å². The number of primary amides is 1. The van der Waals surface area contributed by atoms with Gasteiger partial charge in [-0.1, -0.05) is 30.3 Å². The molecule has 146 valence electrons. The third-order valence-electron chi connectivity index (χ3n) is 5.31. The fraction of sp³-hybridized carbons (Fsp3) is 0.0400. The molecule has 5 nitrogen and oxygen atoms in total. The number of aryl methyl sites for hydroxylation is 1. The first-order valence-corrected chi connectivity index (χ1v) is 9.63. The van der Waals surface area contributed by atoms with Gasteiger partial charge in [-0.3, -0.25) is 9.78 Å². The summed E-state index contributed by atoms with van der Waals surface area (Å²) in [6.07, 6.45) is 5.45. The first-order chi connectivity index (χ1) is 14.6. The maximum atomic E-state index is 12.3. The minimum absolute atomic E-state index is 0.438. The van der Waals surface area contributed by atoms with Crippen molar-refractivity contribution in [2.24, 2.45) is 5.73 Å². The molecule has 3 heterocycles. The van der Waals surface area contributed by atoms with Gasteiger partial charge >= 0.3 is 0 Å². The Morgan fingerprint density at radius 2 is 1.83 bits per heavy atom. The summed E-state index contributed by atoms with van der Waals surface area (Å²) in [5, 5.41) is 1.06. The van der Waals surface area contributed by atoms with Crippen LogP contribution in [0.25, 0.3) is 39.0 Å². The third kappa shape index (κ3) is 2.88. The van der Waals surface area contributed by atoms with Crippen molar-refractivity contribution in [1.82, 2.24) is 9.55 Å². The number of hydrogen-bond donors (Lipinski definition) is 1. The van der Waals surface area contributed by atoms with E-state index in [2.05, 4.69) is 11.1 Å². The van der Waals surface area contributed by atoms with Crippen LogP contribution in [0.5, 0.6) is 0 Å². The quantitative estimate of drug-likeness (QED) is 0.447. The van der Waals surface area contributed by atoms with Gasteiger partial charge in [0.25, 0.3) is 5.91 Å². The van der Waals surface area contributed by atoms with Gasteiger partial charge in [0.2, 0.25) is 0 Å². The van der Waals surface area contributed by atoms with Gasteiger partial charge in [-0.15, -0.1) is 0 Å². The zero-order chi connectivity index (χ0) is 20.7. The second-order valence-electron chi connectivity index (χ2n) is 7.15. The Kier molecular flexibility index (Phi) is 4.21. The molecule has 5 heteroatoms. The van der Waals surface area contributed by atoms with Crippen molar-refractivity contribution in [2.75, 3.05) is 0 Å². The minimum Gasteiger partial charge on any atom is -0.464 e. The largest absolute Gasteiger partial charge is 0.464 e. The molecule has 0 bridgehead atoms. The van der Waals surface area contributed by atoms with Gasteiger partial charge in [-0.2, -0.15) is 0 Å². The van der Waals surface area contributed by atoms with Crippen molar-refractivity contribution >= 4 is 16.8 Å². The molecule has 0 fully saturated rings. The van der Waals surface area contributed by atoms with Crippen LogP contribution in [0.1, 0.15) is 16.1 Å². The summed E-state index contributed by atoms with van der Waals surface area (Å²) in [7, 11) is 0. The zero-order valence-corrected chi connectivity index (χ0v) is 16.4. The van der Waals surface area contributed by atoms with Crippen LogP contribution in [0, 0.1) is 6.92 Å². The van der Waals surface area contributed by atoms with Gasteiger partial charge in [-0.05, 0) is 48.9 Å². The summed E-state index contributed by atoms with van der Waals surface area (Å²) in [6, 6.07) is 21.8. The fourth-order valence-electron chi connectivity index (χ4n) is 3.93. The smallest absolute Gasteiger partial charge is 0.251 e. The Morgan fingerprint density at radius 1 is 1.00 bits per heavy atom. The summed E-state index contributed by atoms with van der Waals surface area (Å²) in [4.78, 5) is 16.8. The number of benzene rings is 2. The Labute approximate surface area is 173 Å². The van der Waals surface area contributed by atoms with Gasteiger partial charge in [0.05, 0.1) is 34.9 Å². The highest BCUT2D eigenvalue weighted by Gasteiger charge is 2.20. The topological polar surface area (TPSA) is 74.1 Å². The molecule has 2 aromatic carbocycles. The van der Waals surface area contributed by atoms with Crippen molar-refractivity contribution in [3.05, 3.63) is 96.6 Å². The Bertz CT molecular complexity index is 1370. The lowest BCUT2D eigenvalue weighted by atomic mass is 9.97. The van der Waals surface area contributed by atoms with Crippen LogP contribution in [0.4, 0.5) is 0 Å². The molecule has 2 N–H and O–H groups in total. The number of furan rings is 1. The van der Waals surface area contributed by atoms with Gasteiger partial charge in [0.15, 0.2) is 0 Å². The number of carbonyl (C=O) groups is 1. The molecule has 0 radical (unpaired) electrons. The van der Waals surface area contributed by atoms with Crippen molar-refractivity contribution < 1.29 is 9.21 Å². The molecule has 30 heavy (non-hydrogen) atoms. The lowest BCUT2D eigenvalue weighted by Gasteiger charge is -2.17. The molecule has 3 aromatic heterocycles. The summed E-state index contributed by atoms with van der Waals surface area (Å²) >= 11 is 0. The summed E-state index contributed by atoms with van der Waals surface area (Å²) in [5.41, 5.74) is 11.3. The Morgan fingerprint density at radius 3 is 2.57 bits per heavy atom. The van der Waals surface area contributed by atoms with Crippen LogP contribution in [-0.2, 0) is 0 Å². The van der Waals surface area contributed by atoms with Crippen LogP contribution in [-0.4, -0.2) is 15.5 Å². The molecular weight excluding hydrogens is 374 g/mol. The summed E-state index contributed by atoms with van der Waals surface area (Å²) < 4.78 is 7.57. The van der Waals surface area contributed by atoms with E-state index < -0.39 is 5.91 Å². The van der Waals surface area contributed by atoms with Gasteiger partial charge in [0, 0.05) is 22.7 Å². The average Bonchev–Trinajstić information content (AvgIpc) is 3.43. The highest BCUT2D eigenvalue weighted by molar-refractivity contribution is 6.03. The molecule has 1 amide bonds. The molecule has 0 aliphatic rings. The first kappa shape index (κ1) is 17.9. The lowest BCUT2D eigenvalue weighted by Crippen LogP contribution is -2.17. The van der Waals surface area contributed by atoms with Crippen LogP contribution in [0.3, 0.4) is 0 Å². The van der Waals surface area contributed by atoms with E-state index in [9.17, 15) is 4.79 Å². The average molecular weight is 393 g/mol. The second-order valence-corrected chi connectivity index (χ2v) is 7.15. The number of hydrogen-bond acceptors (Lipinski definition) is 3. The summed E-state index contributed by atoms with van der Waals surface area (Å²) in [6.45, 7) is 1.81. The predicted octanol–water partition coefficient (Wildman–Crippen LogP) is 5.36. The standard InChI is InChI=1S/C25H19N3O2/c1-16-23(25(26)29)24(17-6-3-2-4-7-17)21(15-27-16)28-12-11-18-14-19(9-10-20(18)28)22-8-5-13-30-22/h2-15H,1H3,(H2,26,29). The molecule has 0 atom stereocenters. The van der Waals surface area contributed by atoms with Crippen molar-refractivity contribution in [3.8, 4) is 28.1 Å². The normalized spacial score (nSPS) is 11.1. The van der Waals surface area contributed by atoms with E-state index in [4.69, 9.17) is 10.2 Å². The van der Waals surface area contributed by atoms with E-state index in [0.717, 1.165) is 39.0 Å². The van der Waals surface area contributed by atoms with Crippen LogP contribution in [0.15, 0.2) is 89.8 Å². The maximum Gasteiger partial charge on any atom is 0.251 e. The van der Waals surface area contributed by atoms with Gasteiger partial charge < -0.3 is 14.7 Å². The number of fused-ring (bicyclic) bond motifs is 1. The van der Waals surface area contributed by atoms with E-state index in [0.29, 0.717) is 11.3 Å². The monoisotopic (exact) mass is 393 g/mol. The van der Waals surface area contributed by atoms with E-state index in [1.165, 1.54) is 0 Å². The molecule has 0 spiro atoms. The van der Waals surface area contributed by atoms with Crippen molar-refractivity contribution in [2.45, 2.75) is 6.92 Å². The SMILES string of the molecule is Cc1ncc(-n2ccc3cc(-c4ccco4)ccc32)c(-c2ccccc2)c1C(N)=O. The highest BCUT2D eigenvalue weighted by atomic mass is 16.3. The molecule has 0 saturated carbocycles. The third-order valence-corrected chi connectivity index (χ3v) is 5.31. The van der Waals surface area contributed by atoms with Gasteiger partial charge in [-0.25, -0.2) is 0 Å². The fourth-order valence-corrected chi connectivity index (χ4v) is 3.93. The van der Waals surface area contributed by atoms with E-state index in [-0.39, 0.29) is 0 Å². The van der Waals surface area contributed by atoms with E-state index in [1.54, 1.807) is 19.4 Å². The Balaban J connectivity index is 1.76. The van der Waals surface area contributed by atoms with E-state index >= 15 is 0 Å². The second kappa shape index (κ2) is 7.04. The molecule has 0 unspecified atom stereocenters. The predicted molar refractivity (Wildman–Crippen MR) is 117 cm³/mol. The number of rotatable bonds is 4. The molecule has 0 aliphatic heterocycles. The van der Waals surface area contributed by atoms with Crippen molar-refractivity contribution in [3.63, 3.8) is 0 Å². The van der Waals surface area contributed by atoms with Crippen LogP contribution < -0.4 is 5.73 Å². The van der Waals surface area contributed by atoms with E-state index in [1.807, 2.05) is 71.4 Å². The number of nitrogens with zero attached hydrogens (tertiary/aromatic N) is 2. The highest BCUT2D eigenvalue weighted by Crippen LogP contribution is 2.34. The number of carbonyl (C=O) groups excluding carboxylic acids is 1.